The minimum Gasteiger partial charge on any atom is -0.497 e. The van der Waals surface area contributed by atoms with Crippen molar-refractivity contribution in [1.82, 2.24) is 5.32 Å². The van der Waals surface area contributed by atoms with Gasteiger partial charge in [0.05, 0.1) is 24.6 Å². The highest BCUT2D eigenvalue weighted by Crippen LogP contribution is 2.39. The number of benzene rings is 2. The van der Waals surface area contributed by atoms with Crippen molar-refractivity contribution in [3.8, 4) is 5.75 Å². The third-order valence-corrected chi connectivity index (χ3v) is 4.44. The van der Waals surface area contributed by atoms with Crippen molar-refractivity contribution in [3.63, 3.8) is 0 Å². The second-order valence-corrected chi connectivity index (χ2v) is 6.31. The topological polar surface area (TPSA) is 67.4 Å². The Morgan fingerprint density at radius 2 is 1.88 bits per heavy atom. The maximum Gasteiger partial charge on any atom is 0.228 e. The van der Waals surface area contributed by atoms with Crippen molar-refractivity contribution in [3.05, 3.63) is 59.9 Å². The first-order chi connectivity index (χ1) is 12.6. The summed E-state index contributed by atoms with van der Waals surface area (Å²) in [6.45, 7) is 0.490. The molecule has 0 saturated heterocycles. The molecule has 6 heteroatoms. The molecule has 3 rings (SSSR count). The lowest BCUT2D eigenvalue weighted by Gasteiger charge is -2.07. The van der Waals surface area contributed by atoms with Gasteiger partial charge < -0.3 is 15.4 Å². The van der Waals surface area contributed by atoms with E-state index in [0.717, 1.165) is 11.3 Å². The lowest BCUT2D eigenvalue weighted by Crippen LogP contribution is -2.29. The molecular weight excluding hydrogens is 335 g/mol. The van der Waals surface area contributed by atoms with Gasteiger partial charge >= 0.3 is 0 Å². The standard InChI is InChI=1S/C20H21FN2O3/c1-26-14-6-4-5-13(11-14)9-10-22-19(24)15-12-16(15)20(25)23-18-8-3-2-7-17(18)21/h2-8,11,15-16H,9-10,12H2,1H3,(H,22,24)(H,23,25). The van der Waals surface area contributed by atoms with Crippen LogP contribution in [0.2, 0.25) is 0 Å². The summed E-state index contributed by atoms with van der Waals surface area (Å²) in [5, 5.41) is 5.40. The Labute approximate surface area is 151 Å². The number of amides is 2. The van der Waals surface area contributed by atoms with Gasteiger partial charge in [0.15, 0.2) is 0 Å². The highest BCUT2D eigenvalue weighted by Gasteiger charge is 2.47. The Morgan fingerprint density at radius 3 is 2.65 bits per heavy atom. The van der Waals surface area contributed by atoms with Crippen molar-refractivity contribution in [1.29, 1.82) is 0 Å². The maximum atomic E-state index is 13.6. The molecule has 136 valence electrons. The largest absolute Gasteiger partial charge is 0.497 e. The van der Waals surface area contributed by atoms with Crippen LogP contribution in [0.4, 0.5) is 10.1 Å². The average molecular weight is 356 g/mol. The molecule has 2 atom stereocenters. The summed E-state index contributed by atoms with van der Waals surface area (Å²) < 4.78 is 18.7. The highest BCUT2D eigenvalue weighted by molar-refractivity contribution is 5.99. The van der Waals surface area contributed by atoms with Crippen molar-refractivity contribution in [2.45, 2.75) is 12.8 Å². The predicted molar refractivity (Wildman–Crippen MR) is 96.3 cm³/mol. The fraction of sp³-hybridized carbons (Fsp3) is 0.300. The van der Waals surface area contributed by atoms with Crippen LogP contribution < -0.4 is 15.4 Å². The van der Waals surface area contributed by atoms with Gasteiger partial charge in [0.1, 0.15) is 11.6 Å². The number of rotatable bonds is 7. The minimum absolute atomic E-state index is 0.137. The summed E-state index contributed by atoms with van der Waals surface area (Å²) in [5.74, 6) is -0.898. The smallest absolute Gasteiger partial charge is 0.228 e. The van der Waals surface area contributed by atoms with E-state index in [0.29, 0.717) is 19.4 Å². The zero-order valence-corrected chi connectivity index (χ0v) is 14.5. The van der Waals surface area contributed by atoms with Gasteiger partial charge in [0, 0.05) is 6.54 Å². The third kappa shape index (κ3) is 4.39. The Kier molecular flexibility index (Phi) is 5.51. The van der Waals surface area contributed by atoms with Crippen LogP contribution in [0.5, 0.6) is 5.75 Å². The molecule has 2 amide bonds. The molecule has 0 heterocycles. The fourth-order valence-corrected chi connectivity index (χ4v) is 2.85. The van der Waals surface area contributed by atoms with Crippen LogP contribution in [0.3, 0.4) is 0 Å². The monoisotopic (exact) mass is 356 g/mol. The normalized spacial score (nSPS) is 18.1. The number of hydrogen-bond acceptors (Lipinski definition) is 3. The van der Waals surface area contributed by atoms with Crippen LogP contribution >= 0.6 is 0 Å². The number of ether oxygens (including phenoxy) is 1. The lowest BCUT2D eigenvalue weighted by molar-refractivity contribution is -0.125. The van der Waals surface area contributed by atoms with Gasteiger partial charge in [-0.05, 0) is 42.7 Å². The molecule has 5 nitrogen and oxygen atoms in total. The quantitative estimate of drug-likeness (QED) is 0.802. The number of nitrogens with one attached hydrogen (secondary N) is 2. The Balaban J connectivity index is 1.44. The van der Waals surface area contributed by atoms with E-state index in [1.165, 1.54) is 12.1 Å². The zero-order chi connectivity index (χ0) is 18.5. The van der Waals surface area contributed by atoms with Crippen LogP contribution in [0.25, 0.3) is 0 Å². The molecule has 26 heavy (non-hydrogen) atoms. The van der Waals surface area contributed by atoms with Crippen molar-refractivity contribution >= 4 is 17.5 Å². The van der Waals surface area contributed by atoms with Crippen LogP contribution in [-0.2, 0) is 16.0 Å². The van der Waals surface area contributed by atoms with Gasteiger partial charge in [-0.15, -0.1) is 0 Å². The van der Waals surface area contributed by atoms with E-state index in [-0.39, 0.29) is 23.4 Å². The second kappa shape index (κ2) is 7.99. The fourth-order valence-electron chi connectivity index (χ4n) is 2.85. The summed E-state index contributed by atoms with van der Waals surface area (Å²) in [6.07, 6.45) is 1.17. The van der Waals surface area contributed by atoms with E-state index >= 15 is 0 Å². The van der Waals surface area contributed by atoms with E-state index in [4.69, 9.17) is 4.74 Å². The number of methoxy groups -OCH3 is 1. The highest BCUT2D eigenvalue weighted by atomic mass is 19.1. The zero-order valence-electron chi connectivity index (χ0n) is 14.5. The molecule has 2 unspecified atom stereocenters. The van der Waals surface area contributed by atoms with Gasteiger partial charge in [-0.3, -0.25) is 9.59 Å². The SMILES string of the molecule is COc1cccc(CCNC(=O)C2CC2C(=O)Nc2ccccc2F)c1. The minimum atomic E-state index is -0.485. The molecule has 2 N–H and O–H groups in total. The summed E-state index contributed by atoms with van der Waals surface area (Å²) >= 11 is 0. The Bertz CT molecular complexity index is 809. The third-order valence-electron chi connectivity index (χ3n) is 4.44. The average Bonchev–Trinajstić information content (AvgIpc) is 3.45. The first-order valence-electron chi connectivity index (χ1n) is 8.54. The molecule has 1 saturated carbocycles. The van der Waals surface area contributed by atoms with Gasteiger partial charge in [-0.25, -0.2) is 4.39 Å². The molecule has 1 aliphatic rings. The van der Waals surface area contributed by atoms with Gasteiger partial charge in [0.25, 0.3) is 0 Å². The Morgan fingerprint density at radius 1 is 1.12 bits per heavy atom. The molecule has 1 fully saturated rings. The molecular formula is C20H21FN2O3. The summed E-state index contributed by atoms with van der Waals surface area (Å²) in [7, 11) is 1.61. The summed E-state index contributed by atoms with van der Waals surface area (Å²) in [5.41, 5.74) is 1.20. The predicted octanol–water partition coefficient (Wildman–Crippen LogP) is 2.77. The van der Waals surface area contributed by atoms with Crippen LogP contribution in [-0.4, -0.2) is 25.5 Å². The molecule has 0 aliphatic heterocycles. The van der Waals surface area contributed by atoms with Gasteiger partial charge in [-0.1, -0.05) is 24.3 Å². The first-order valence-corrected chi connectivity index (χ1v) is 8.54. The number of carbonyl (C=O) groups excluding carboxylic acids is 2. The molecule has 0 aromatic heterocycles. The number of hydrogen-bond donors (Lipinski definition) is 2. The molecule has 2 aromatic rings. The number of anilines is 1. The van der Waals surface area contributed by atoms with Crippen molar-refractivity contribution < 1.29 is 18.7 Å². The van der Waals surface area contributed by atoms with E-state index in [1.807, 2.05) is 24.3 Å². The molecule has 1 aliphatic carbocycles. The van der Waals surface area contributed by atoms with Crippen LogP contribution in [0.1, 0.15) is 12.0 Å². The van der Waals surface area contributed by atoms with Gasteiger partial charge in [-0.2, -0.15) is 0 Å². The van der Waals surface area contributed by atoms with Crippen molar-refractivity contribution in [2.75, 3.05) is 19.0 Å². The van der Waals surface area contributed by atoms with Crippen molar-refractivity contribution in [2.24, 2.45) is 11.8 Å². The molecule has 0 spiro atoms. The van der Waals surface area contributed by atoms with E-state index < -0.39 is 11.7 Å². The molecule has 2 aromatic carbocycles. The maximum absolute atomic E-state index is 13.6. The van der Waals surface area contributed by atoms with E-state index in [1.54, 1.807) is 19.2 Å². The molecule has 0 bridgehead atoms. The Hall–Kier alpha value is -2.89. The van der Waals surface area contributed by atoms with E-state index in [9.17, 15) is 14.0 Å². The molecule has 0 radical (unpaired) electrons. The number of para-hydroxylation sites is 1. The number of carbonyl (C=O) groups is 2. The first kappa shape index (κ1) is 17.9. The number of halogens is 1. The van der Waals surface area contributed by atoms with Crippen LogP contribution in [0, 0.1) is 17.7 Å². The summed E-state index contributed by atoms with van der Waals surface area (Å²) in [6, 6.07) is 13.6. The van der Waals surface area contributed by atoms with Gasteiger partial charge in [0.2, 0.25) is 11.8 Å². The van der Waals surface area contributed by atoms with Crippen LogP contribution in [0.15, 0.2) is 48.5 Å². The second-order valence-electron chi connectivity index (χ2n) is 6.31. The lowest BCUT2D eigenvalue weighted by atomic mass is 10.1. The van der Waals surface area contributed by atoms with E-state index in [2.05, 4.69) is 10.6 Å². The summed E-state index contributed by atoms with van der Waals surface area (Å²) in [4.78, 5) is 24.3.